The van der Waals surface area contributed by atoms with Crippen LogP contribution < -0.4 is 9.64 Å². The number of anilines is 1. The zero-order valence-electron chi connectivity index (χ0n) is 22.9. The van der Waals surface area contributed by atoms with Crippen LogP contribution >= 0.6 is 27.5 Å². The number of hydrogen-bond acceptors (Lipinski definition) is 5. The lowest BCUT2D eigenvalue weighted by Gasteiger charge is -2.42. The van der Waals surface area contributed by atoms with Crippen LogP contribution in [0.5, 0.6) is 5.75 Å². The summed E-state index contributed by atoms with van der Waals surface area (Å²) in [5.41, 5.74) is 2.00. The molecule has 1 N–H and O–H groups in total. The van der Waals surface area contributed by atoms with Crippen LogP contribution in [-0.2, 0) is 15.0 Å². The van der Waals surface area contributed by atoms with Gasteiger partial charge in [0.2, 0.25) is 0 Å². The van der Waals surface area contributed by atoms with Crippen LogP contribution in [0.4, 0.5) is 10.1 Å². The Hall–Kier alpha value is -3.07. The molecule has 41 heavy (non-hydrogen) atoms. The Morgan fingerprint density at radius 1 is 1.07 bits per heavy atom. The van der Waals surface area contributed by atoms with Crippen molar-refractivity contribution in [3.63, 3.8) is 0 Å². The Bertz CT molecular complexity index is 1550. The number of hydrogen-bond donors (Lipinski definition) is 1. The molecule has 0 aromatic heterocycles. The standard InChI is InChI=1S/C32H30BrClFNO5/c1-32(2,3)23-10-8-20(14-25(23)34)36-30(18-6-11-28(24(33)12-18)41-16-27(39)17-4-5-17)29(26(38)15-37)21-9-7-19(35)13-22(21)31(36)40/h6-14,17,29-30,37H,4-5,15-16H2,1-3H3/t29-,30-/m1/s1. The number of carbonyl (C=O) groups excluding carboxylic acids is 3. The van der Waals surface area contributed by atoms with Crippen LogP contribution in [0.1, 0.15) is 72.6 Å². The van der Waals surface area contributed by atoms with Gasteiger partial charge in [0.1, 0.15) is 24.8 Å². The minimum absolute atomic E-state index is 0.0418. The first-order valence-corrected chi connectivity index (χ1v) is 14.6. The highest BCUT2D eigenvalue weighted by atomic mass is 79.9. The van der Waals surface area contributed by atoms with Gasteiger partial charge in [-0.15, -0.1) is 0 Å². The Labute approximate surface area is 251 Å². The molecule has 0 saturated heterocycles. The summed E-state index contributed by atoms with van der Waals surface area (Å²) in [6, 6.07) is 13.3. The van der Waals surface area contributed by atoms with Gasteiger partial charge in [0.25, 0.3) is 5.91 Å². The second-order valence-electron chi connectivity index (χ2n) is 11.6. The van der Waals surface area contributed by atoms with Gasteiger partial charge in [-0.3, -0.25) is 19.3 Å². The Morgan fingerprint density at radius 3 is 2.41 bits per heavy atom. The van der Waals surface area contributed by atoms with Crippen LogP contribution in [0.2, 0.25) is 5.02 Å². The summed E-state index contributed by atoms with van der Waals surface area (Å²) in [6.45, 7) is 5.26. The molecule has 1 fully saturated rings. The molecule has 1 heterocycles. The number of aliphatic hydroxyl groups is 1. The number of ketones is 2. The zero-order valence-corrected chi connectivity index (χ0v) is 25.3. The molecule has 5 rings (SSSR count). The van der Waals surface area contributed by atoms with Crippen LogP contribution in [0, 0.1) is 11.7 Å². The van der Waals surface area contributed by atoms with Gasteiger partial charge in [-0.05, 0) is 87.3 Å². The molecular weight excluding hydrogens is 613 g/mol. The van der Waals surface area contributed by atoms with Crippen LogP contribution in [0.25, 0.3) is 0 Å². The number of ether oxygens (including phenoxy) is 1. The SMILES string of the molecule is CC(C)(C)c1ccc(N2C(=O)c3cc(F)ccc3[C@H](C(=O)CO)[C@H]2c2ccc(OCC(=O)C3CC3)c(Br)c2)cc1Cl. The number of halogens is 3. The monoisotopic (exact) mass is 641 g/mol. The normalized spacial score (nSPS) is 18.7. The Kier molecular flexibility index (Phi) is 8.12. The summed E-state index contributed by atoms with van der Waals surface area (Å²) in [7, 11) is 0. The molecule has 3 aromatic carbocycles. The topological polar surface area (TPSA) is 83.9 Å². The summed E-state index contributed by atoms with van der Waals surface area (Å²) >= 11 is 10.2. The van der Waals surface area contributed by atoms with Gasteiger partial charge in [-0.25, -0.2) is 4.39 Å². The maximum atomic E-state index is 14.4. The highest BCUT2D eigenvalue weighted by Crippen LogP contribution is 2.47. The maximum absolute atomic E-state index is 14.4. The van der Waals surface area contributed by atoms with Gasteiger partial charge in [0, 0.05) is 22.2 Å². The van der Waals surface area contributed by atoms with E-state index in [1.54, 1.807) is 30.3 Å². The number of fused-ring (bicyclic) bond motifs is 1. The Morgan fingerprint density at radius 2 is 1.80 bits per heavy atom. The third-order valence-electron chi connectivity index (χ3n) is 7.64. The zero-order chi connectivity index (χ0) is 29.6. The molecule has 1 aliphatic heterocycles. The average molecular weight is 643 g/mol. The fourth-order valence-electron chi connectivity index (χ4n) is 5.38. The molecule has 0 bridgehead atoms. The van der Waals surface area contributed by atoms with Crippen molar-refractivity contribution in [1.29, 1.82) is 0 Å². The minimum atomic E-state index is -0.996. The smallest absolute Gasteiger partial charge is 0.259 e. The third kappa shape index (κ3) is 5.83. The quantitative estimate of drug-likeness (QED) is 0.288. The van der Waals surface area contributed by atoms with Gasteiger partial charge in [-0.1, -0.05) is 50.6 Å². The van der Waals surface area contributed by atoms with Crippen molar-refractivity contribution in [2.75, 3.05) is 18.1 Å². The van der Waals surface area contributed by atoms with Gasteiger partial charge in [0.15, 0.2) is 11.6 Å². The van der Waals surface area contributed by atoms with E-state index < -0.39 is 36.1 Å². The molecule has 1 saturated carbocycles. The van der Waals surface area contributed by atoms with Crippen molar-refractivity contribution < 1.29 is 28.6 Å². The van der Waals surface area contributed by atoms with Gasteiger partial charge >= 0.3 is 0 Å². The molecule has 0 radical (unpaired) electrons. The van der Waals surface area contributed by atoms with E-state index in [0.29, 0.717) is 32.1 Å². The Balaban J connectivity index is 1.64. The second-order valence-corrected chi connectivity index (χ2v) is 12.8. The molecule has 1 aliphatic carbocycles. The van der Waals surface area contributed by atoms with Crippen LogP contribution in [0.3, 0.4) is 0 Å². The molecule has 0 spiro atoms. The van der Waals surface area contributed by atoms with Crippen molar-refractivity contribution in [1.82, 2.24) is 0 Å². The lowest BCUT2D eigenvalue weighted by molar-refractivity contribution is -0.124. The number of rotatable bonds is 8. The molecular formula is C32H30BrClFNO5. The van der Waals surface area contributed by atoms with Crippen LogP contribution in [-0.4, -0.2) is 35.8 Å². The lowest BCUT2D eigenvalue weighted by atomic mass is 9.77. The first-order valence-electron chi connectivity index (χ1n) is 13.4. The molecule has 1 amide bonds. The minimum Gasteiger partial charge on any atom is -0.485 e. The highest BCUT2D eigenvalue weighted by Gasteiger charge is 2.45. The lowest BCUT2D eigenvalue weighted by Crippen LogP contribution is -2.45. The first kappa shape index (κ1) is 29.4. The largest absolute Gasteiger partial charge is 0.485 e. The number of amides is 1. The summed E-state index contributed by atoms with van der Waals surface area (Å²) in [5.74, 6) is -2.07. The van der Waals surface area contributed by atoms with Gasteiger partial charge in [-0.2, -0.15) is 0 Å². The molecule has 0 unspecified atom stereocenters. The van der Waals surface area contributed by atoms with Crippen molar-refractivity contribution in [3.8, 4) is 5.75 Å². The molecule has 9 heteroatoms. The van der Waals surface area contributed by atoms with E-state index in [0.717, 1.165) is 24.5 Å². The van der Waals surface area contributed by atoms with Crippen molar-refractivity contribution in [2.24, 2.45) is 5.92 Å². The van der Waals surface area contributed by atoms with Gasteiger partial charge < -0.3 is 9.84 Å². The van der Waals surface area contributed by atoms with Crippen LogP contribution in [0.15, 0.2) is 59.1 Å². The third-order valence-corrected chi connectivity index (χ3v) is 8.57. The number of carbonyl (C=O) groups is 3. The number of nitrogens with zero attached hydrogens (tertiary/aromatic N) is 1. The summed E-state index contributed by atoms with van der Waals surface area (Å²) < 4.78 is 20.7. The number of Topliss-reactive ketones (excluding diaryl/α,β-unsaturated/α-hetero) is 2. The first-order chi connectivity index (χ1) is 19.4. The fourth-order valence-corrected chi connectivity index (χ4v) is 6.35. The summed E-state index contributed by atoms with van der Waals surface area (Å²) in [4.78, 5) is 41.0. The summed E-state index contributed by atoms with van der Waals surface area (Å²) in [6.07, 6.45) is 1.78. The van der Waals surface area contributed by atoms with Gasteiger partial charge in [0.05, 0.1) is 16.4 Å². The van der Waals surface area contributed by atoms with E-state index in [2.05, 4.69) is 15.9 Å². The molecule has 6 nitrogen and oxygen atoms in total. The summed E-state index contributed by atoms with van der Waals surface area (Å²) in [5, 5.41) is 10.4. The molecule has 214 valence electrons. The van der Waals surface area contributed by atoms with E-state index in [1.807, 2.05) is 26.8 Å². The predicted molar refractivity (Wildman–Crippen MR) is 158 cm³/mol. The second kappa shape index (κ2) is 11.3. The van der Waals surface area contributed by atoms with Crippen molar-refractivity contribution in [3.05, 3.63) is 92.2 Å². The average Bonchev–Trinajstić information content (AvgIpc) is 3.77. The molecule has 2 aliphatic rings. The van der Waals surface area contributed by atoms with E-state index >= 15 is 0 Å². The molecule has 2 atom stereocenters. The fraction of sp³-hybridized carbons (Fsp3) is 0.344. The maximum Gasteiger partial charge on any atom is 0.259 e. The highest BCUT2D eigenvalue weighted by molar-refractivity contribution is 9.10. The predicted octanol–water partition coefficient (Wildman–Crippen LogP) is 6.94. The molecule has 3 aromatic rings. The van der Waals surface area contributed by atoms with Crippen molar-refractivity contribution in [2.45, 2.75) is 51.0 Å². The van der Waals surface area contributed by atoms with E-state index in [-0.39, 0.29) is 29.3 Å². The number of benzene rings is 3. The van der Waals surface area contributed by atoms with Crippen molar-refractivity contribution >= 4 is 50.7 Å². The van der Waals surface area contributed by atoms with E-state index in [4.69, 9.17) is 16.3 Å². The number of aliphatic hydroxyl groups excluding tert-OH is 1. The van der Waals surface area contributed by atoms with E-state index in [1.165, 1.54) is 17.0 Å². The van der Waals surface area contributed by atoms with E-state index in [9.17, 15) is 23.9 Å².